The smallest absolute Gasteiger partial charge is 0.256 e. The fourth-order valence-corrected chi connectivity index (χ4v) is 5.27. The zero-order chi connectivity index (χ0) is 23.3. The van der Waals surface area contributed by atoms with Crippen molar-refractivity contribution >= 4 is 17.6 Å². The van der Waals surface area contributed by atoms with Crippen LogP contribution in [-0.4, -0.2) is 59.7 Å². The quantitative estimate of drug-likeness (QED) is 0.655. The minimum atomic E-state index is -0.507. The molecule has 2 aromatic rings. The van der Waals surface area contributed by atoms with Gasteiger partial charge in [-0.05, 0) is 67.7 Å². The fraction of sp³-hybridized carbons (Fsp3) is 0.464. The van der Waals surface area contributed by atoms with E-state index in [9.17, 15) is 9.59 Å². The number of aliphatic imine (C=N–C) groups is 1. The molecule has 2 amide bonds. The van der Waals surface area contributed by atoms with Crippen molar-refractivity contribution in [3.8, 4) is 16.9 Å². The van der Waals surface area contributed by atoms with E-state index in [2.05, 4.69) is 36.4 Å². The van der Waals surface area contributed by atoms with Crippen LogP contribution in [0.5, 0.6) is 5.75 Å². The lowest BCUT2D eigenvalue weighted by molar-refractivity contribution is -0.134. The number of nitrogens with zero attached hydrogens (tertiary/aromatic N) is 3. The molecule has 1 saturated heterocycles. The summed E-state index contributed by atoms with van der Waals surface area (Å²) in [6.45, 7) is 2.33. The number of likely N-dealkylation sites (tertiary alicyclic amines) is 1. The average Bonchev–Trinajstić information content (AvgIpc) is 3.81. The predicted molar refractivity (Wildman–Crippen MR) is 131 cm³/mol. The number of amidine groups is 1. The Kier molecular flexibility index (Phi) is 5.19. The Labute approximate surface area is 200 Å². The van der Waals surface area contributed by atoms with Crippen molar-refractivity contribution in [3.63, 3.8) is 0 Å². The van der Waals surface area contributed by atoms with E-state index in [-0.39, 0.29) is 11.8 Å². The molecule has 6 heteroatoms. The zero-order valence-electron chi connectivity index (χ0n) is 19.7. The van der Waals surface area contributed by atoms with Crippen LogP contribution < -0.4 is 4.74 Å². The molecule has 0 radical (unpaired) electrons. The van der Waals surface area contributed by atoms with Gasteiger partial charge in [-0.1, -0.05) is 36.4 Å². The van der Waals surface area contributed by atoms with Gasteiger partial charge in [0, 0.05) is 31.1 Å². The summed E-state index contributed by atoms with van der Waals surface area (Å²) in [5, 5.41) is 0. The monoisotopic (exact) mass is 457 g/mol. The molecule has 6 rings (SSSR count). The number of methoxy groups -OCH3 is 1. The van der Waals surface area contributed by atoms with Crippen LogP contribution in [0.25, 0.3) is 11.1 Å². The second-order valence-electron chi connectivity index (χ2n) is 10.2. The Bertz CT molecular complexity index is 1120. The van der Waals surface area contributed by atoms with Gasteiger partial charge in [-0.25, -0.2) is 0 Å². The number of hydrogen-bond acceptors (Lipinski definition) is 4. The molecule has 2 aliphatic heterocycles. The number of carbonyl (C=O) groups is 2. The maximum Gasteiger partial charge on any atom is 0.256 e. The van der Waals surface area contributed by atoms with Crippen molar-refractivity contribution in [1.29, 1.82) is 0 Å². The first-order valence-corrected chi connectivity index (χ1v) is 12.5. The Morgan fingerprint density at radius 3 is 2.09 bits per heavy atom. The first-order chi connectivity index (χ1) is 16.6. The Morgan fingerprint density at radius 1 is 0.941 bits per heavy atom. The molecule has 6 nitrogen and oxygen atoms in total. The van der Waals surface area contributed by atoms with Crippen LogP contribution in [-0.2, 0) is 9.59 Å². The zero-order valence-corrected chi connectivity index (χ0v) is 19.7. The molecule has 4 aliphatic rings. The third-order valence-electron chi connectivity index (χ3n) is 7.80. The highest BCUT2D eigenvalue weighted by Crippen LogP contribution is 2.46. The van der Waals surface area contributed by atoms with Crippen LogP contribution >= 0.6 is 0 Å². The van der Waals surface area contributed by atoms with E-state index in [0.29, 0.717) is 18.4 Å². The molecule has 2 aliphatic carbocycles. The summed E-state index contributed by atoms with van der Waals surface area (Å²) in [5.41, 5.74) is 2.74. The normalized spacial score (nSPS) is 21.7. The van der Waals surface area contributed by atoms with Gasteiger partial charge in [-0.3, -0.25) is 19.5 Å². The predicted octanol–water partition coefficient (Wildman–Crippen LogP) is 4.13. The van der Waals surface area contributed by atoms with Crippen molar-refractivity contribution in [2.24, 2.45) is 16.8 Å². The van der Waals surface area contributed by atoms with Crippen LogP contribution in [0.2, 0.25) is 0 Å². The number of benzene rings is 2. The molecule has 2 saturated carbocycles. The first kappa shape index (κ1) is 21.4. The summed E-state index contributed by atoms with van der Waals surface area (Å²) in [6, 6.07) is 16.4. The van der Waals surface area contributed by atoms with E-state index in [4.69, 9.17) is 9.73 Å². The van der Waals surface area contributed by atoms with Gasteiger partial charge in [0.15, 0.2) is 0 Å². The number of carbonyl (C=O) groups excluding carboxylic acids is 2. The number of rotatable bonds is 6. The standard InChI is InChI=1S/C28H31N3O3/c1-34-24-10-8-21(9-11-24)20-2-4-22(5-3-20)25-29-28(14-15-28)27(33)31(25)18-19-12-16-30(17-13-19)26(32)23-6-7-23/h2-5,8-11,19,23H,6-7,12-18H2,1H3. The fourth-order valence-electron chi connectivity index (χ4n) is 5.27. The maximum absolute atomic E-state index is 13.3. The van der Waals surface area contributed by atoms with E-state index in [1.807, 2.05) is 21.9 Å². The van der Waals surface area contributed by atoms with Crippen LogP contribution in [0.1, 0.15) is 44.1 Å². The summed E-state index contributed by atoms with van der Waals surface area (Å²) in [4.78, 5) is 34.6. The lowest BCUT2D eigenvalue weighted by atomic mass is 9.95. The molecule has 0 unspecified atom stereocenters. The molecular weight excluding hydrogens is 426 g/mol. The Hall–Kier alpha value is -3.15. The minimum absolute atomic E-state index is 0.165. The van der Waals surface area contributed by atoms with E-state index in [0.717, 1.165) is 79.9 Å². The first-order valence-electron chi connectivity index (χ1n) is 12.5. The lowest BCUT2D eigenvalue weighted by Gasteiger charge is -2.34. The van der Waals surface area contributed by atoms with Crippen molar-refractivity contribution in [1.82, 2.24) is 9.80 Å². The average molecular weight is 458 g/mol. The summed E-state index contributed by atoms with van der Waals surface area (Å²) in [5.74, 6) is 2.86. The SMILES string of the molecule is COc1ccc(-c2ccc(C3=NC4(CC4)C(=O)N3CC3CCN(C(=O)C4CC4)CC3)cc2)cc1. The Morgan fingerprint density at radius 2 is 1.53 bits per heavy atom. The molecule has 2 aromatic carbocycles. The van der Waals surface area contributed by atoms with E-state index in [1.165, 1.54) is 0 Å². The van der Waals surface area contributed by atoms with Gasteiger partial charge in [0.2, 0.25) is 5.91 Å². The highest BCUT2D eigenvalue weighted by atomic mass is 16.5. The Balaban J connectivity index is 1.17. The number of amides is 2. The number of hydrogen-bond donors (Lipinski definition) is 0. The maximum atomic E-state index is 13.3. The summed E-state index contributed by atoms with van der Waals surface area (Å²) < 4.78 is 5.26. The van der Waals surface area contributed by atoms with Gasteiger partial charge < -0.3 is 9.64 Å². The van der Waals surface area contributed by atoms with Gasteiger partial charge in [0.05, 0.1) is 7.11 Å². The second kappa shape index (κ2) is 8.26. The molecule has 34 heavy (non-hydrogen) atoms. The van der Waals surface area contributed by atoms with Gasteiger partial charge in [0.1, 0.15) is 17.1 Å². The topological polar surface area (TPSA) is 62.2 Å². The van der Waals surface area contributed by atoms with E-state index < -0.39 is 5.54 Å². The number of ether oxygens (including phenoxy) is 1. The van der Waals surface area contributed by atoms with Crippen molar-refractivity contribution < 1.29 is 14.3 Å². The van der Waals surface area contributed by atoms with Crippen LogP contribution in [0.15, 0.2) is 53.5 Å². The van der Waals surface area contributed by atoms with Crippen LogP contribution in [0.3, 0.4) is 0 Å². The second-order valence-corrected chi connectivity index (χ2v) is 10.2. The molecule has 0 bridgehead atoms. The van der Waals surface area contributed by atoms with Crippen molar-refractivity contribution in [2.75, 3.05) is 26.7 Å². The van der Waals surface area contributed by atoms with Crippen LogP contribution in [0, 0.1) is 11.8 Å². The van der Waals surface area contributed by atoms with E-state index >= 15 is 0 Å². The highest BCUT2D eigenvalue weighted by Gasteiger charge is 2.57. The molecule has 0 aromatic heterocycles. The molecule has 0 N–H and O–H groups in total. The van der Waals surface area contributed by atoms with E-state index in [1.54, 1.807) is 7.11 Å². The van der Waals surface area contributed by atoms with Gasteiger partial charge in [-0.15, -0.1) is 0 Å². The van der Waals surface area contributed by atoms with Gasteiger partial charge in [-0.2, -0.15) is 0 Å². The summed E-state index contributed by atoms with van der Waals surface area (Å²) in [6.07, 6.45) is 5.73. The van der Waals surface area contributed by atoms with Gasteiger partial charge in [0.25, 0.3) is 5.91 Å². The van der Waals surface area contributed by atoms with Crippen LogP contribution in [0.4, 0.5) is 0 Å². The third-order valence-corrected chi connectivity index (χ3v) is 7.80. The molecular formula is C28H31N3O3. The van der Waals surface area contributed by atoms with Crippen molar-refractivity contribution in [2.45, 2.75) is 44.1 Å². The molecule has 176 valence electrons. The molecule has 2 heterocycles. The highest BCUT2D eigenvalue weighted by molar-refractivity contribution is 6.16. The molecule has 0 atom stereocenters. The third kappa shape index (κ3) is 3.89. The van der Waals surface area contributed by atoms with Gasteiger partial charge >= 0.3 is 0 Å². The molecule has 3 fully saturated rings. The molecule has 1 spiro atoms. The number of piperidine rings is 1. The summed E-state index contributed by atoms with van der Waals surface area (Å²) >= 11 is 0. The summed E-state index contributed by atoms with van der Waals surface area (Å²) in [7, 11) is 1.67. The minimum Gasteiger partial charge on any atom is -0.497 e. The largest absolute Gasteiger partial charge is 0.497 e. The lowest BCUT2D eigenvalue weighted by Crippen LogP contribution is -2.45. The van der Waals surface area contributed by atoms with Crippen molar-refractivity contribution in [3.05, 3.63) is 54.1 Å².